The highest BCUT2D eigenvalue weighted by Crippen LogP contribution is 2.39. The zero-order valence-electron chi connectivity index (χ0n) is 20.7. The molecule has 0 spiro atoms. The number of benzene rings is 3. The van der Waals surface area contributed by atoms with Gasteiger partial charge in [-0.05, 0) is 63.5 Å². The Bertz CT molecular complexity index is 1410. The minimum atomic E-state index is -0.828. The van der Waals surface area contributed by atoms with Crippen LogP contribution in [-0.4, -0.2) is 45.1 Å². The number of halogens is 1. The molecule has 1 aromatic heterocycles. The number of hydrogen-bond donors (Lipinski definition) is 3. The number of ether oxygens (including phenoxy) is 1. The Hall–Kier alpha value is -3.70. The fourth-order valence-electron chi connectivity index (χ4n) is 4.69. The normalized spacial score (nSPS) is 16.8. The number of imidazole rings is 1. The van der Waals surface area contributed by atoms with Crippen molar-refractivity contribution in [3.63, 3.8) is 0 Å². The van der Waals surface area contributed by atoms with E-state index in [2.05, 4.69) is 37.9 Å². The van der Waals surface area contributed by atoms with Crippen LogP contribution in [0.5, 0.6) is 5.75 Å². The van der Waals surface area contributed by atoms with Crippen LogP contribution in [0.15, 0.2) is 85.1 Å². The summed E-state index contributed by atoms with van der Waals surface area (Å²) in [5.41, 5.74) is 3.41. The van der Waals surface area contributed by atoms with E-state index < -0.39 is 18.1 Å². The molecule has 0 radical (unpaired) electrons. The minimum absolute atomic E-state index is 0.0903. The molecule has 3 N–H and O–H groups in total. The van der Waals surface area contributed by atoms with Gasteiger partial charge in [0.1, 0.15) is 30.3 Å². The largest absolute Gasteiger partial charge is 0.491 e. The number of nitrogens with zero attached hydrogens (tertiary/aromatic N) is 2. The second-order valence-corrected chi connectivity index (χ2v) is 10.3. The monoisotopic (exact) mass is 622 g/mol. The molecule has 194 valence electrons. The van der Waals surface area contributed by atoms with E-state index in [0.717, 1.165) is 20.4 Å². The van der Waals surface area contributed by atoms with E-state index in [-0.39, 0.29) is 25.0 Å². The summed E-state index contributed by atoms with van der Waals surface area (Å²) in [6.07, 6.45) is 1.74. The van der Waals surface area contributed by atoms with E-state index in [9.17, 15) is 9.59 Å². The third-order valence-electron chi connectivity index (χ3n) is 6.65. The molecule has 1 aliphatic heterocycles. The number of aromatic amines is 1. The predicted octanol–water partition coefficient (Wildman–Crippen LogP) is 5.19. The van der Waals surface area contributed by atoms with Crippen molar-refractivity contribution in [2.75, 3.05) is 13.2 Å². The molecule has 0 saturated carbocycles. The summed E-state index contributed by atoms with van der Waals surface area (Å²) in [4.78, 5) is 36.4. The number of carbonyl (C=O) groups excluding carboxylic acids is 2. The van der Waals surface area contributed by atoms with Crippen LogP contribution < -0.4 is 10.1 Å². The Balaban J connectivity index is 1.48. The molecule has 3 aromatic carbocycles. The molecular weight excluding hydrogens is 595 g/mol. The zero-order valence-corrected chi connectivity index (χ0v) is 22.8. The molecule has 3 amide bonds. The van der Waals surface area contributed by atoms with Crippen molar-refractivity contribution in [2.45, 2.75) is 24.9 Å². The number of nitrogens with one attached hydrogen (secondary N) is 2. The first kappa shape index (κ1) is 25.9. The highest BCUT2D eigenvalue weighted by Gasteiger charge is 2.46. The molecule has 0 bridgehead atoms. The van der Waals surface area contributed by atoms with Gasteiger partial charge in [-0.3, -0.25) is 9.69 Å². The fraction of sp³-hybridized carbons (Fsp3) is 0.207. The Morgan fingerprint density at radius 3 is 2.42 bits per heavy atom. The molecule has 0 aliphatic carbocycles. The number of aliphatic hydroxyl groups is 1. The van der Waals surface area contributed by atoms with Gasteiger partial charge in [-0.25, -0.2) is 9.78 Å². The van der Waals surface area contributed by atoms with E-state index in [1.165, 1.54) is 4.90 Å². The third-order valence-corrected chi connectivity index (χ3v) is 7.37. The molecule has 5 rings (SSSR count). The summed E-state index contributed by atoms with van der Waals surface area (Å²) in [6.45, 7) is 2.08. The highest BCUT2D eigenvalue weighted by molar-refractivity contribution is 14.1. The molecule has 1 aliphatic rings. The van der Waals surface area contributed by atoms with Gasteiger partial charge in [0, 0.05) is 9.49 Å². The summed E-state index contributed by atoms with van der Waals surface area (Å²) in [5.74, 6) is 0.533. The van der Waals surface area contributed by atoms with Gasteiger partial charge in [0.05, 0.1) is 18.5 Å². The van der Waals surface area contributed by atoms with E-state index >= 15 is 0 Å². The lowest BCUT2D eigenvalue weighted by atomic mass is 9.91. The summed E-state index contributed by atoms with van der Waals surface area (Å²) >= 11 is 2.26. The second-order valence-electron chi connectivity index (χ2n) is 9.07. The first-order chi connectivity index (χ1) is 18.5. The molecule has 0 unspecified atom stereocenters. The maximum absolute atomic E-state index is 13.8. The van der Waals surface area contributed by atoms with Gasteiger partial charge in [0.15, 0.2) is 0 Å². The van der Waals surface area contributed by atoms with Crippen molar-refractivity contribution >= 4 is 34.5 Å². The van der Waals surface area contributed by atoms with E-state index in [1.807, 2.05) is 61.5 Å². The quantitative estimate of drug-likeness (QED) is 0.176. The number of hydrogen-bond acceptors (Lipinski definition) is 5. The predicted molar refractivity (Wildman–Crippen MR) is 151 cm³/mol. The fourth-order valence-corrected chi connectivity index (χ4v) is 5.05. The number of rotatable bonds is 9. The van der Waals surface area contributed by atoms with E-state index in [0.29, 0.717) is 17.1 Å². The van der Waals surface area contributed by atoms with E-state index in [1.54, 1.807) is 30.5 Å². The summed E-state index contributed by atoms with van der Waals surface area (Å²) in [5, 5.41) is 11.8. The number of H-pyrrole nitrogens is 1. The van der Waals surface area contributed by atoms with Gasteiger partial charge >= 0.3 is 6.03 Å². The van der Waals surface area contributed by atoms with Crippen LogP contribution in [0.25, 0.3) is 11.3 Å². The van der Waals surface area contributed by atoms with Crippen LogP contribution in [0.3, 0.4) is 0 Å². The Morgan fingerprint density at radius 2 is 1.74 bits per heavy atom. The second kappa shape index (κ2) is 11.4. The molecular formula is C29H27IN4O4. The minimum Gasteiger partial charge on any atom is -0.491 e. The molecule has 4 aromatic rings. The topological polar surface area (TPSA) is 108 Å². The molecule has 38 heavy (non-hydrogen) atoms. The Morgan fingerprint density at radius 1 is 1.03 bits per heavy atom. The Labute approximate surface area is 234 Å². The van der Waals surface area contributed by atoms with Gasteiger partial charge in [0.2, 0.25) is 0 Å². The lowest BCUT2D eigenvalue weighted by molar-refractivity contribution is -0.129. The van der Waals surface area contributed by atoms with Gasteiger partial charge in [-0.1, -0.05) is 61.5 Å². The van der Waals surface area contributed by atoms with Crippen LogP contribution in [0.1, 0.15) is 41.9 Å². The number of aliphatic hydroxyl groups excluding tert-OH is 1. The lowest BCUT2D eigenvalue weighted by Crippen LogP contribution is -2.38. The maximum Gasteiger partial charge on any atom is 0.325 e. The smallest absolute Gasteiger partial charge is 0.325 e. The molecule has 3 atom stereocenters. The number of aromatic nitrogens is 2. The summed E-state index contributed by atoms with van der Waals surface area (Å²) < 4.78 is 6.54. The van der Waals surface area contributed by atoms with Gasteiger partial charge in [-0.2, -0.15) is 0 Å². The number of imide groups is 1. The van der Waals surface area contributed by atoms with Crippen molar-refractivity contribution in [1.82, 2.24) is 20.2 Å². The van der Waals surface area contributed by atoms with Crippen molar-refractivity contribution in [1.29, 1.82) is 0 Å². The molecule has 1 saturated heterocycles. The summed E-state index contributed by atoms with van der Waals surface area (Å²) in [7, 11) is 0. The van der Waals surface area contributed by atoms with Crippen molar-refractivity contribution in [3.05, 3.63) is 106 Å². The van der Waals surface area contributed by atoms with Gasteiger partial charge < -0.3 is 20.1 Å². The molecule has 1 fully saturated rings. The standard InChI is InChI=1S/C29H27IN4O4/c1-18(19-5-3-2-4-6-19)26(27-31-17-24(32-27)20-7-11-22(30)12-8-20)34-28(36)25(33-29(34)37)21-9-13-23(14-10-21)38-16-15-35/h2-14,17-18,25-26,35H,15-16H2,1H3,(H,31,32)(H,33,37)/t18-,25-,26+/m1/s1. The van der Waals surface area contributed by atoms with Gasteiger partial charge in [-0.15, -0.1) is 0 Å². The van der Waals surface area contributed by atoms with Crippen molar-refractivity contribution in [2.24, 2.45) is 0 Å². The third kappa shape index (κ3) is 5.30. The molecule has 2 heterocycles. The average Bonchev–Trinajstić information content (AvgIpc) is 3.54. The average molecular weight is 622 g/mol. The van der Waals surface area contributed by atoms with Crippen LogP contribution in [0.4, 0.5) is 4.79 Å². The van der Waals surface area contributed by atoms with Crippen LogP contribution >= 0.6 is 22.6 Å². The lowest BCUT2D eigenvalue weighted by Gasteiger charge is -2.29. The first-order valence-corrected chi connectivity index (χ1v) is 13.4. The highest BCUT2D eigenvalue weighted by atomic mass is 127. The Kier molecular flexibility index (Phi) is 7.75. The number of amides is 3. The molecule has 8 nitrogen and oxygen atoms in total. The van der Waals surface area contributed by atoms with Crippen molar-refractivity contribution in [3.8, 4) is 17.0 Å². The number of carbonyl (C=O) groups is 2. The van der Waals surface area contributed by atoms with Crippen molar-refractivity contribution < 1.29 is 19.4 Å². The number of urea groups is 1. The zero-order chi connectivity index (χ0) is 26.6. The van der Waals surface area contributed by atoms with Gasteiger partial charge in [0.25, 0.3) is 5.91 Å². The molecule has 9 heteroatoms. The van der Waals surface area contributed by atoms with Crippen LogP contribution in [0, 0.1) is 3.57 Å². The van der Waals surface area contributed by atoms with E-state index in [4.69, 9.17) is 9.84 Å². The maximum atomic E-state index is 13.8. The summed E-state index contributed by atoms with van der Waals surface area (Å²) in [6, 6.07) is 22.8. The van der Waals surface area contributed by atoms with Crippen LogP contribution in [0.2, 0.25) is 0 Å². The first-order valence-electron chi connectivity index (χ1n) is 12.3. The van der Waals surface area contributed by atoms with Crippen LogP contribution in [-0.2, 0) is 4.79 Å². The SMILES string of the molecule is C[C@H](c1ccccc1)[C@@H](c1ncc(-c2ccc(I)cc2)[nH]1)N1C(=O)N[C@H](c2ccc(OCCO)cc2)C1=O.